The highest BCUT2D eigenvalue weighted by Gasteiger charge is 2.05. The maximum Gasteiger partial charge on any atom is 0.271 e. The van der Waals surface area contributed by atoms with Crippen molar-refractivity contribution in [3.05, 3.63) is 83.0 Å². The number of H-pyrrole nitrogens is 1. The standard InChI is InChI=1S/C17H15N3O/c18-16-10-15(11-19-17(16)21)14-6-8-20(9-7-14)12-13-4-2-1-3-5-13/h1-11H,12,18H2/p+1. The number of nitrogens with zero attached hydrogens (tertiary/aromatic N) is 1. The van der Waals surface area contributed by atoms with E-state index in [0.29, 0.717) is 0 Å². The Morgan fingerprint density at radius 1 is 1.00 bits per heavy atom. The molecule has 0 saturated heterocycles. The highest BCUT2D eigenvalue weighted by Crippen LogP contribution is 2.17. The van der Waals surface area contributed by atoms with E-state index in [-0.39, 0.29) is 11.2 Å². The molecule has 3 N–H and O–H groups in total. The predicted molar refractivity (Wildman–Crippen MR) is 82.7 cm³/mol. The molecule has 0 aliphatic heterocycles. The molecule has 0 saturated carbocycles. The number of nitrogen functional groups attached to an aromatic ring is 1. The quantitative estimate of drug-likeness (QED) is 0.719. The van der Waals surface area contributed by atoms with Crippen LogP contribution in [0.3, 0.4) is 0 Å². The number of nitrogens with two attached hydrogens (primary N) is 1. The predicted octanol–water partition coefficient (Wildman–Crippen LogP) is 1.96. The van der Waals surface area contributed by atoms with Crippen LogP contribution in [0.4, 0.5) is 5.69 Å². The molecule has 1 aromatic carbocycles. The fourth-order valence-corrected chi connectivity index (χ4v) is 2.22. The minimum absolute atomic E-state index is 0.230. The molecule has 0 spiro atoms. The Morgan fingerprint density at radius 2 is 1.71 bits per heavy atom. The summed E-state index contributed by atoms with van der Waals surface area (Å²) in [6.45, 7) is 0.828. The molecule has 4 heteroatoms. The van der Waals surface area contributed by atoms with Gasteiger partial charge in [-0.05, 0) is 11.6 Å². The Balaban J connectivity index is 1.83. The molecule has 0 bridgehead atoms. The van der Waals surface area contributed by atoms with Gasteiger partial charge in [-0.3, -0.25) is 4.79 Å². The third-order valence-corrected chi connectivity index (χ3v) is 3.36. The number of aromatic nitrogens is 2. The molecular formula is C17H16N3O+. The minimum Gasteiger partial charge on any atom is -0.394 e. The minimum atomic E-state index is -0.256. The van der Waals surface area contributed by atoms with E-state index < -0.39 is 0 Å². The molecule has 21 heavy (non-hydrogen) atoms. The monoisotopic (exact) mass is 278 g/mol. The van der Waals surface area contributed by atoms with E-state index in [1.165, 1.54) is 5.56 Å². The van der Waals surface area contributed by atoms with Crippen LogP contribution in [0.1, 0.15) is 5.56 Å². The zero-order valence-corrected chi connectivity index (χ0v) is 11.5. The van der Waals surface area contributed by atoms with Gasteiger partial charge in [-0.2, -0.15) is 0 Å². The highest BCUT2D eigenvalue weighted by atomic mass is 16.1. The Morgan fingerprint density at radius 3 is 2.38 bits per heavy atom. The zero-order valence-electron chi connectivity index (χ0n) is 11.5. The number of hydrogen-bond donors (Lipinski definition) is 2. The largest absolute Gasteiger partial charge is 0.394 e. The maximum absolute atomic E-state index is 11.3. The summed E-state index contributed by atoms with van der Waals surface area (Å²) in [5.74, 6) is 0. The normalized spacial score (nSPS) is 10.5. The molecule has 0 amide bonds. The van der Waals surface area contributed by atoms with Crippen LogP contribution in [0.15, 0.2) is 71.9 Å². The molecule has 104 valence electrons. The number of pyridine rings is 2. The van der Waals surface area contributed by atoms with Crippen molar-refractivity contribution in [3.63, 3.8) is 0 Å². The van der Waals surface area contributed by atoms with Crippen LogP contribution < -0.4 is 15.9 Å². The molecule has 0 fully saturated rings. The third kappa shape index (κ3) is 3.00. The van der Waals surface area contributed by atoms with Gasteiger partial charge in [-0.1, -0.05) is 30.3 Å². The van der Waals surface area contributed by atoms with E-state index >= 15 is 0 Å². The lowest BCUT2D eigenvalue weighted by molar-refractivity contribution is -0.688. The topological polar surface area (TPSA) is 62.8 Å². The van der Waals surface area contributed by atoms with Crippen LogP contribution in [0.25, 0.3) is 11.1 Å². The second-order valence-corrected chi connectivity index (χ2v) is 4.92. The van der Waals surface area contributed by atoms with Gasteiger partial charge in [0.1, 0.15) is 0 Å². The highest BCUT2D eigenvalue weighted by molar-refractivity contribution is 5.64. The van der Waals surface area contributed by atoms with Gasteiger partial charge in [0, 0.05) is 29.5 Å². The van der Waals surface area contributed by atoms with Crippen LogP contribution in [0.5, 0.6) is 0 Å². The molecule has 4 nitrogen and oxygen atoms in total. The lowest BCUT2D eigenvalue weighted by atomic mass is 10.1. The summed E-state index contributed by atoms with van der Waals surface area (Å²) in [5, 5.41) is 0. The number of rotatable bonds is 3. The maximum atomic E-state index is 11.3. The lowest BCUT2D eigenvalue weighted by Crippen LogP contribution is -2.32. The summed E-state index contributed by atoms with van der Waals surface area (Å²) in [5.41, 5.74) is 8.79. The molecule has 2 aromatic heterocycles. The fraction of sp³-hybridized carbons (Fsp3) is 0.0588. The summed E-state index contributed by atoms with van der Waals surface area (Å²) >= 11 is 0. The SMILES string of the molecule is Nc1cc(-c2cc[n+](Cc3ccccc3)cc2)c[nH]c1=O. The van der Waals surface area contributed by atoms with Crippen LogP contribution in [-0.4, -0.2) is 4.98 Å². The van der Waals surface area contributed by atoms with E-state index in [9.17, 15) is 4.79 Å². The third-order valence-electron chi connectivity index (χ3n) is 3.36. The van der Waals surface area contributed by atoms with E-state index in [4.69, 9.17) is 5.73 Å². The van der Waals surface area contributed by atoms with Crippen LogP contribution >= 0.6 is 0 Å². The first kappa shape index (κ1) is 13.1. The van der Waals surface area contributed by atoms with E-state index in [0.717, 1.165) is 17.7 Å². The van der Waals surface area contributed by atoms with Crippen molar-refractivity contribution in [1.82, 2.24) is 4.98 Å². The second kappa shape index (κ2) is 5.63. The van der Waals surface area contributed by atoms with Crippen LogP contribution in [0.2, 0.25) is 0 Å². The van der Waals surface area contributed by atoms with Gasteiger partial charge >= 0.3 is 0 Å². The number of anilines is 1. The summed E-state index contributed by atoms with van der Waals surface area (Å²) < 4.78 is 2.11. The van der Waals surface area contributed by atoms with Gasteiger partial charge in [0.25, 0.3) is 5.56 Å². The number of benzene rings is 1. The van der Waals surface area contributed by atoms with E-state index in [1.807, 2.05) is 42.7 Å². The molecular weight excluding hydrogens is 262 g/mol. The molecule has 3 aromatic rings. The van der Waals surface area contributed by atoms with Crippen molar-refractivity contribution in [2.45, 2.75) is 6.54 Å². The Hall–Kier alpha value is -2.88. The smallest absolute Gasteiger partial charge is 0.271 e. The molecule has 0 aliphatic rings. The van der Waals surface area contributed by atoms with E-state index in [1.54, 1.807) is 12.3 Å². The summed E-state index contributed by atoms with van der Waals surface area (Å²) in [4.78, 5) is 13.9. The number of aromatic amines is 1. The average molecular weight is 278 g/mol. The van der Waals surface area contributed by atoms with Gasteiger partial charge in [-0.25, -0.2) is 4.57 Å². The first-order valence-electron chi connectivity index (χ1n) is 6.74. The summed E-state index contributed by atoms with van der Waals surface area (Å²) in [6.07, 6.45) is 5.71. The first-order chi connectivity index (χ1) is 10.2. The Kier molecular flexibility index (Phi) is 3.51. The molecule has 0 radical (unpaired) electrons. The Labute approximate surface area is 122 Å². The van der Waals surface area contributed by atoms with Gasteiger partial charge in [0.05, 0.1) is 5.69 Å². The van der Waals surface area contributed by atoms with Crippen molar-refractivity contribution < 1.29 is 4.57 Å². The number of hydrogen-bond acceptors (Lipinski definition) is 2. The first-order valence-corrected chi connectivity index (χ1v) is 6.74. The molecule has 0 unspecified atom stereocenters. The van der Waals surface area contributed by atoms with E-state index in [2.05, 4.69) is 21.7 Å². The lowest BCUT2D eigenvalue weighted by Gasteiger charge is -2.02. The van der Waals surface area contributed by atoms with Crippen molar-refractivity contribution in [2.24, 2.45) is 0 Å². The zero-order chi connectivity index (χ0) is 14.7. The van der Waals surface area contributed by atoms with Crippen LogP contribution in [0, 0.1) is 0 Å². The fourth-order valence-electron chi connectivity index (χ4n) is 2.22. The van der Waals surface area contributed by atoms with Crippen molar-refractivity contribution in [2.75, 3.05) is 5.73 Å². The second-order valence-electron chi connectivity index (χ2n) is 4.92. The molecule has 3 rings (SSSR count). The van der Waals surface area contributed by atoms with Crippen molar-refractivity contribution in [3.8, 4) is 11.1 Å². The van der Waals surface area contributed by atoms with Gasteiger partial charge in [-0.15, -0.1) is 0 Å². The van der Waals surface area contributed by atoms with Crippen molar-refractivity contribution in [1.29, 1.82) is 0 Å². The van der Waals surface area contributed by atoms with Gasteiger partial charge in [0.15, 0.2) is 18.9 Å². The van der Waals surface area contributed by atoms with Gasteiger partial charge < -0.3 is 10.7 Å². The van der Waals surface area contributed by atoms with Crippen LogP contribution in [-0.2, 0) is 6.54 Å². The van der Waals surface area contributed by atoms with Gasteiger partial charge in [0.2, 0.25) is 0 Å². The van der Waals surface area contributed by atoms with Crippen molar-refractivity contribution >= 4 is 5.69 Å². The average Bonchev–Trinajstić information content (AvgIpc) is 2.52. The molecule has 0 atom stereocenters. The Bertz CT molecular complexity index is 792. The number of nitrogens with one attached hydrogen (secondary N) is 1. The summed E-state index contributed by atoms with van der Waals surface area (Å²) in [7, 11) is 0. The molecule has 2 heterocycles. The molecule has 0 aliphatic carbocycles. The summed E-state index contributed by atoms with van der Waals surface area (Å²) in [6, 6.07) is 16.0.